The summed E-state index contributed by atoms with van der Waals surface area (Å²) >= 11 is 2.10. The van der Waals surface area contributed by atoms with E-state index < -0.39 is 0 Å². The van der Waals surface area contributed by atoms with E-state index in [9.17, 15) is 0 Å². The zero-order chi connectivity index (χ0) is 8.32. The van der Waals surface area contributed by atoms with Crippen molar-refractivity contribution in [3.8, 4) is 0 Å². The van der Waals surface area contributed by atoms with Crippen molar-refractivity contribution in [3.05, 3.63) is 0 Å². The Labute approximate surface area is 74.3 Å². The van der Waals surface area contributed by atoms with E-state index in [0.29, 0.717) is 5.41 Å². The van der Waals surface area contributed by atoms with Gasteiger partial charge in [-0.05, 0) is 35.9 Å². The fourth-order valence-corrected chi connectivity index (χ4v) is 2.30. The highest BCUT2D eigenvalue weighted by atomic mass is 32.2. The second-order valence-electron chi connectivity index (χ2n) is 4.60. The SMILES string of the molecule is CC(C)(C)CSCC1CNC1. The van der Waals surface area contributed by atoms with Gasteiger partial charge in [0.05, 0.1) is 0 Å². The highest BCUT2D eigenvalue weighted by Gasteiger charge is 2.17. The molecule has 1 nitrogen and oxygen atoms in total. The van der Waals surface area contributed by atoms with Crippen LogP contribution in [0.1, 0.15) is 20.8 Å². The smallest absolute Gasteiger partial charge is 0.0000326 e. The van der Waals surface area contributed by atoms with Crippen molar-refractivity contribution < 1.29 is 0 Å². The van der Waals surface area contributed by atoms with E-state index in [0.717, 1.165) is 5.92 Å². The monoisotopic (exact) mass is 173 g/mol. The molecular weight excluding hydrogens is 154 g/mol. The normalized spacial score (nSPS) is 19.9. The van der Waals surface area contributed by atoms with E-state index in [2.05, 4.69) is 37.8 Å². The molecule has 1 rings (SSSR count). The van der Waals surface area contributed by atoms with Gasteiger partial charge in [-0.3, -0.25) is 0 Å². The Morgan fingerprint density at radius 2 is 2.00 bits per heavy atom. The van der Waals surface area contributed by atoms with Gasteiger partial charge in [0, 0.05) is 0 Å². The lowest BCUT2D eigenvalue weighted by molar-refractivity contribution is 0.384. The Balaban J connectivity index is 1.95. The molecule has 0 aliphatic carbocycles. The van der Waals surface area contributed by atoms with Crippen molar-refractivity contribution in [1.29, 1.82) is 0 Å². The molecule has 1 heterocycles. The summed E-state index contributed by atoms with van der Waals surface area (Å²) in [6.07, 6.45) is 0. The maximum Gasteiger partial charge on any atom is -0.0000326 e. The molecule has 0 bridgehead atoms. The average molecular weight is 173 g/mol. The van der Waals surface area contributed by atoms with E-state index >= 15 is 0 Å². The molecule has 0 spiro atoms. The lowest BCUT2D eigenvalue weighted by Crippen LogP contribution is -2.43. The van der Waals surface area contributed by atoms with Gasteiger partial charge in [-0.1, -0.05) is 20.8 Å². The first-order valence-corrected chi connectivity index (χ1v) is 5.52. The Morgan fingerprint density at radius 3 is 2.36 bits per heavy atom. The Morgan fingerprint density at radius 1 is 1.36 bits per heavy atom. The summed E-state index contributed by atoms with van der Waals surface area (Å²) in [4.78, 5) is 0. The molecule has 0 radical (unpaired) electrons. The predicted octanol–water partition coefficient (Wildman–Crippen LogP) is 1.99. The molecule has 1 fully saturated rings. The van der Waals surface area contributed by atoms with Gasteiger partial charge in [0.1, 0.15) is 0 Å². The van der Waals surface area contributed by atoms with Crippen LogP contribution >= 0.6 is 11.8 Å². The van der Waals surface area contributed by atoms with Gasteiger partial charge < -0.3 is 5.32 Å². The standard InChI is InChI=1S/C9H19NS/c1-9(2,3)7-11-6-8-4-10-5-8/h8,10H,4-7H2,1-3H3. The van der Waals surface area contributed by atoms with Gasteiger partial charge in [0.2, 0.25) is 0 Å². The molecule has 0 aromatic rings. The second-order valence-corrected chi connectivity index (χ2v) is 5.63. The van der Waals surface area contributed by atoms with Crippen LogP contribution in [0, 0.1) is 11.3 Å². The number of rotatable bonds is 3. The molecule has 0 aromatic heterocycles. The van der Waals surface area contributed by atoms with Crippen LogP contribution in [0.3, 0.4) is 0 Å². The van der Waals surface area contributed by atoms with Crippen LogP contribution in [-0.2, 0) is 0 Å². The van der Waals surface area contributed by atoms with Crippen molar-refractivity contribution in [2.45, 2.75) is 20.8 Å². The summed E-state index contributed by atoms with van der Waals surface area (Å²) in [7, 11) is 0. The van der Waals surface area contributed by atoms with Crippen molar-refractivity contribution >= 4 is 11.8 Å². The van der Waals surface area contributed by atoms with Gasteiger partial charge >= 0.3 is 0 Å². The van der Waals surface area contributed by atoms with Crippen LogP contribution in [-0.4, -0.2) is 24.6 Å². The molecule has 1 N–H and O–H groups in total. The van der Waals surface area contributed by atoms with E-state index in [1.165, 1.54) is 24.6 Å². The fraction of sp³-hybridized carbons (Fsp3) is 1.00. The summed E-state index contributed by atoms with van der Waals surface area (Å²) in [6.45, 7) is 9.41. The van der Waals surface area contributed by atoms with Gasteiger partial charge in [-0.15, -0.1) is 0 Å². The van der Waals surface area contributed by atoms with Crippen molar-refractivity contribution in [2.75, 3.05) is 24.6 Å². The van der Waals surface area contributed by atoms with Crippen molar-refractivity contribution in [2.24, 2.45) is 11.3 Å². The van der Waals surface area contributed by atoms with Crippen molar-refractivity contribution in [3.63, 3.8) is 0 Å². The van der Waals surface area contributed by atoms with Crippen LogP contribution in [0.25, 0.3) is 0 Å². The van der Waals surface area contributed by atoms with E-state index in [1.54, 1.807) is 0 Å². The topological polar surface area (TPSA) is 12.0 Å². The van der Waals surface area contributed by atoms with E-state index in [4.69, 9.17) is 0 Å². The summed E-state index contributed by atoms with van der Waals surface area (Å²) < 4.78 is 0. The molecule has 1 aliphatic heterocycles. The minimum absolute atomic E-state index is 0.502. The molecule has 11 heavy (non-hydrogen) atoms. The first-order valence-electron chi connectivity index (χ1n) is 4.36. The molecular formula is C9H19NS. The highest BCUT2D eigenvalue weighted by molar-refractivity contribution is 7.99. The first-order chi connectivity index (χ1) is 5.08. The third-order valence-electron chi connectivity index (χ3n) is 1.75. The van der Waals surface area contributed by atoms with Crippen LogP contribution < -0.4 is 5.32 Å². The van der Waals surface area contributed by atoms with Crippen molar-refractivity contribution in [1.82, 2.24) is 5.32 Å². The largest absolute Gasteiger partial charge is 0.316 e. The molecule has 0 amide bonds. The Kier molecular flexibility index (Phi) is 3.26. The second kappa shape index (κ2) is 3.81. The van der Waals surface area contributed by atoms with E-state index in [1.807, 2.05) is 0 Å². The lowest BCUT2D eigenvalue weighted by Gasteiger charge is -2.28. The third kappa shape index (κ3) is 4.02. The summed E-state index contributed by atoms with van der Waals surface area (Å²) in [5.74, 6) is 3.61. The quantitative estimate of drug-likeness (QED) is 0.700. The van der Waals surface area contributed by atoms with Crippen LogP contribution in [0.4, 0.5) is 0 Å². The number of hydrogen-bond acceptors (Lipinski definition) is 2. The third-order valence-corrected chi connectivity index (χ3v) is 3.53. The average Bonchev–Trinajstić information content (AvgIpc) is 1.73. The van der Waals surface area contributed by atoms with Gasteiger partial charge in [0.15, 0.2) is 0 Å². The van der Waals surface area contributed by atoms with Gasteiger partial charge in [-0.2, -0.15) is 11.8 Å². The lowest BCUT2D eigenvalue weighted by atomic mass is 10.0. The molecule has 0 atom stereocenters. The molecule has 2 heteroatoms. The molecule has 1 saturated heterocycles. The molecule has 1 aliphatic rings. The molecule has 66 valence electrons. The molecule has 0 saturated carbocycles. The first kappa shape index (κ1) is 9.40. The Hall–Kier alpha value is 0.310. The predicted molar refractivity (Wildman–Crippen MR) is 53.1 cm³/mol. The maximum absolute atomic E-state index is 3.30. The van der Waals surface area contributed by atoms with Crippen LogP contribution in [0.5, 0.6) is 0 Å². The summed E-state index contributed by atoms with van der Waals surface area (Å²) in [6, 6.07) is 0. The summed E-state index contributed by atoms with van der Waals surface area (Å²) in [5, 5.41) is 3.30. The zero-order valence-corrected chi connectivity index (χ0v) is 8.63. The van der Waals surface area contributed by atoms with E-state index in [-0.39, 0.29) is 0 Å². The van der Waals surface area contributed by atoms with Crippen LogP contribution in [0.2, 0.25) is 0 Å². The van der Waals surface area contributed by atoms with Crippen LogP contribution in [0.15, 0.2) is 0 Å². The minimum Gasteiger partial charge on any atom is -0.316 e. The number of hydrogen-bond donors (Lipinski definition) is 1. The highest BCUT2D eigenvalue weighted by Crippen LogP contribution is 2.22. The summed E-state index contributed by atoms with van der Waals surface area (Å²) in [5.41, 5.74) is 0.502. The zero-order valence-electron chi connectivity index (χ0n) is 7.81. The van der Waals surface area contributed by atoms with Gasteiger partial charge in [-0.25, -0.2) is 0 Å². The number of thioether (sulfide) groups is 1. The Bertz CT molecular complexity index is 113. The minimum atomic E-state index is 0.502. The number of nitrogens with one attached hydrogen (secondary N) is 1. The molecule has 0 aromatic carbocycles. The molecule has 0 unspecified atom stereocenters. The fourth-order valence-electron chi connectivity index (χ4n) is 0.998. The maximum atomic E-state index is 3.30. The van der Waals surface area contributed by atoms with Gasteiger partial charge in [0.25, 0.3) is 0 Å².